The van der Waals surface area contributed by atoms with Crippen LogP contribution in [0.25, 0.3) is 5.69 Å². The van der Waals surface area contributed by atoms with E-state index in [0.717, 1.165) is 45.2 Å². The monoisotopic (exact) mass is 484 g/mol. The number of benzene rings is 2. The van der Waals surface area contributed by atoms with Gasteiger partial charge in [0.15, 0.2) is 5.13 Å². The summed E-state index contributed by atoms with van der Waals surface area (Å²) in [5, 5.41) is 5.67. The van der Waals surface area contributed by atoms with Crippen LogP contribution >= 0.6 is 11.3 Å². The van der Waals surface area contributed by atoms with Crippen LogP contribution in [0, 0.1) is 18.6 Å². The van der Waals surface area contributed by atoms with Crippen LogP contribution in [-0.2, 0) is 6.54 Å². The molecule has 1 fully saturated rings. The van der Waals surface area contributed by atoms with Gasteiger partial charge in [-0.3, -0.25) is 4.57 Å². The minimum atomic E-state index is -0.713. The molecule has 4 aromatic rings. The summed E-state index contributed by atoms with van der Waals surface area (Å²) in [7, 11) is 0. The fourth-order valence-electron chi connectivity index (χ4n) is 3.76. The number of aryl methyl sites for hydroxylation is 1. The zero-order valence-electron chi connectivity index (χ0n) is 18.3. The van der Waals surface area contributed by atoms with Crippen molar-refractivity contribution in [3.05, 3.63) is 82.2 Å². The predicted molar refractivity (Wildman–Crippen MR) is 125 cm³/mol. The second kappa shape index (κ2) is 8.99. The second-order valence-corrected chi connectivity index (χ2v) is 8.93. The molecule has 0 amide bonds. The SMILES string of the molecule is Cc1nc(N2CC[C@@H]2CN)sc1Oc1ccc(-n2ncn(Cc3c(F)cccc3F)c2=O)cc1. The van der Waals surface area contributed by atoms with E-state index in [1.54, 1.807) is 24.3 Å². The zero-order valence-corrected chi connectivity index (χ0v) is 19.1. The van der Waals surface area contributed by atoms with Crippen LogP contribution in [0.15, 0.2) is 53.6 Å². The molecule has 176 valence electrons. The third-order valence-corrected chi connectivity index (χ3v) is 6.89. The summed E-state index contributed by atoms with van der Waals surface area (Å²) in [6, 6.07) is 10.7. The summed E-state index contributed by atoms with van der Waals surface area (Å²) in [6.45, 7) is 3.17. The molecule has 0 aliphatic carbocycles. The van der Waals surface area contributed by atoms with E-state index in [-0.39, 0.29) is 12.1 Å². The number of anilines is 1. The molecular formula is C23H22F2N6O2S. The van der Waals surface area contributed by atoms with Crippen LogP contribution < -0.4 is 21.1 Å². The Morgan fingerprint density at radius 2 is 1.91 bits per heavy atom. The Bertz CT molecular complexity index is 1360. The van der Waals surface area contributed by atoms with Crippen molar-refractivity contribution in [2.75, 3.05) is 18.0 Å². The second-order valence-electron chi connectivity index (χ2n) is 7.99. The van der Waals surface area contributed by atoms with Gasteiger partial charge in [-0.2, -0.15) is 9.78 Å². The number of nitrogens with zero attached hydrogens (tertiary/aromatic N) is 5. The minimum absolute atomic E-state index is 0.191. The van der Waals surface area contributed by atoms with Crippen LogP contribution in [0.3, 0.4) is 0 Å². The highest BCUT2D eigenvalue weighted by atomic mass is 32.1. The van der Waals surface area contributed by atoms with Gasteiger partial charge in [-0.1, -0.05) is 17.4 Å². The summed E-state index contributed by atoms with van der Waals surface area (Å²) in [5.74, 6) is -0.840. The molecule has 1 saturated heterocycles. The Balaban J connectivity index is 1.32. The van der Waals surface area contributed by atoms with Crippen molar-refractivity contribution < 1.29 is 13.5 Å². The van der Waals surface area contributed by atoms with Gasteiger partial charge in [0.2, 0.25) is 5.06 Å². The van der Waals surface area contributed by atoms with E-state index < -0.39 is 17.3 Å². The quantitative estimate of drug-likeness (QED) is 0.432. The molecule has 2 aromatic heterocycles. The first-order chi connectivity index (χ1) is 16.4. The summed E-state index contributed by atoms with van der Waals surface area (Å²) in [4.78, 5) is 19.5. The molecule has 8 nitrogen and oxygen atoms in total. The van der Waals surface area contributed by atoms with Crippen molar-refractivity contribution in [2.45, 2.75) is 25.9 Å². The van der Waals surface area contributed by atoms with Gasteiger partial charge in [-0.15, -0.1) is 0 Å². The van der Waals surface area contributed by atoms with Crippen molar-refractivity contribution in [3.63, 3.8) is 0 Å². The number of aromatic nitrogens is 4. The number of rotatable bonds is 7. The molecule has 2 aromatic carbocycles. The topological polar surface area (TPSA) is 91.2 Å². The average Bonchev–Trinajstić information content (AvgIpc) is 3.33. The predicted octanol–water partition coefficient (Wildman–Crippen LogP) is 3.46. The third-order valence-electron chi connectivity index (χ3n) is 5.82. The molecule has 0 spiro atoms. The summed E-state index contributed by atoms with van der Waals surface area (Å²) in [6.07, 6.45) is 2.32. The Kier molecular flexibility index (Phi) is 5.88. The van der Waals surface area contributed by atoms with Gasteiger partial charge in [-0.05, 0) is 49.7 Å². The molecule has 5 rings (SSSR count). The lowest BCUT2D eigenvalue weighted by Gasteiger charge is -2.40. The number of halogens is 2. The molecule has 34 heavy (non-hydrogen) atoms. The Morgan fingerprint density at radius 1 is 1.18 bits per heavy atom. The van der Waals surface area contributed by atoms with E-state index in [1.807, 2.05) is 6.92 Å². The van der Waals surface area contributed by atoms with Crippen LogP contribution in [0.1, 0.15) is 17.7 Å². The van der Waals surface area contributed by atoms with Crippen molar-refractivity contribution in [1.82, 2.24) is 19.3 Å². The average molecular weight is 485 g/mol. The highest BCUT2D eigenvalue weighted by Crippen LogP contribution is 2.38. The molecule has 0 radical (unpaired) electrons. The fraction of sp³-hybridized carbons (Fsp3) is 0.261. The standard InChI is InChI=1S/C23H22F2N6O2S/c1-14-21(34-22(28-14)30-10-9-16(30)11-26)33-17-7-5-15(6-8-17)31-23(32)29(13-27-31)12-18-19(24)3-2-4-20(18)25/h2-8,13,16H,9-12,26H2,1H3/t16-/m1/s1. The summed E-state index contributed by atoms with van der Waals surface area (Å²) >= 11 is 1.47. The van der Waals surface area contributed by atoms with Crippen molar-refractivity contribution in [2.24, 2.45) is 5.73 Å². The molecular weight excluding hydrogens is 462 g/mol. The Labute approximate surface area is 197 Å². The van der Waals surface area contributed by atoms with Gasteiger partial charge in [0, 0.05) is 24.7 Å². The minimum Gasteiger partial charge on any atom is -0.445 e. The number of thiazole rings is 1. The first-order valence-electron chi connectivity index (χ1n) is 10.7. The summed E-state index contributed by atoms with van der Waals surface area (Å²) < 4.78 is 36.2. The smallest absolute Gasteiger partial charge is 0.350 e. The van der Waals surface area contributed by atoms with E-state index in [1.165, 1.54) is 23.7 Å². The van der Waals surface area contributed by atoms with Gasteiger partial charge in [0.05, 0.1) is 17.9 Å². The molecule has 11 heteroatoms. The van der Waals surface area contributed by atoms with E-state index >= 15 is 0 Å². The highest BCUT2D eigenvalue weighted by Gasteiger charge is 2.30. The van der Waals surface area contributed by atoms with Gasteiger partial charge < -0.3 is 15.4 Å². The molecule has 0 saturated carbocycles. The lowest BCUT2D eigenvalue weighted by atomic mass is 10.1. The van der Waals surface area contributed by atoms with E-state index in [2.05, 4.69) is 15.0 Å². The highest BCUT2D eigenvalue weighted by molar-refractivity contribution is 7.17. The van der Waals surface area contributed by atoms with Gasteiger partial charge in [0.25, 0.3) is 0 Å². The molecule has 1 atom stereocenters. The molecule has 0 unspecified atom stereocenters. The molecule has 2 N–H and O–H groups in total. The maximum atomic E-state index is 13.9. The van der Waals surface area contributed by atoms with E-state index in [0.29, 0.717) is 29.1 Å². The number of nitrogens with two attached hydrogens (primary N) is 1. The first-order valence-corrected chi connectivity index (χ1v) is 11.6. The Morgan fingerprint density at radius 3 is 2.56 bits per heavy atom. The lowest BCUT2D eigenvalue weighted by Crippen LogP contribution is -2.51. The molecule has 1 aliphatic heterocycles. The van der Waals surface area contributed by atoms with Gasteiger partial charge in [-0.25, -0.2) is 18.6 Å². The number of hydrogen-bond acceptors (Lipinski definition) is 7. The first kappa shape index (κ1) is 22.2. The van der Waals surface area contributed by atoms with Crippen LogP contribution in [0.2, 0.25) is 0 Å². The summed E-state index contributed by atoms with van der Waals surface area (Å²) in [5.41, 5.74) is 6.39. The van der Waals surface area contributed by atoms with Crippen molar-refractivity contribution in [1.29, 1.82) is 0 Å². The molecule has 1 aliphatic rings. The van der Waals surface area contributed by atoms with Gasteiger partial charge >= 0.3 is 5.69 Å². The van der Waals surface area contributed by atoms with Crippen LogP contribution in [0.5, 0.6) is 10.8 Å². The largest absolute Gasteiger partial charge is 0.445 e. The number of hydrogen-bond donors (Lipinski definition) is 1. The molecule has 0 bridgehead atoms. The normalized spacial score (nSPS) is 15.4. The maximum Gasteiger partial charge on any atom is 0.350 e. The van der Waals surface area contributed by atoms with E-state index in [9.17, 15) is 13.6 Å². The molecule has 3 heterocycles. The zero-order chi connectivity index (χ0) is 23.8. The van der Waals surface area contributed by atoms with Crippen molar-refractivity contribution in [3.8, 4) is 16.5 Å². The lowest BCUT2D eigenvalue weighted by molar-refractivity contribution is 0.455. The third kappa shape index (κ3) is 4.08. The Hall–Kier alpha value is -3.57. The van der Waals surface area contributed by atoms with Crippen molar-refractivity contribution >= 4 is 16.5 Å². The van der Waals surface area contributed by atoms with E-state index in [4.69, 9.17) is 10.5 Å². The van der Waals surface area contributed by atoms with Crippen LogP contribution in [0.4, 0.5) is 13.9 Å². The van der Waals surface area contributed by atoms with Gasteiger partial charge in [0.1, 0.15) is 23.7 Å². The van der Waals surface area contributed by atoms with Crippen LogP contribution in [-0.4, -0.2) is 38.5 Å². The maximum absolute atomic E-state index is 13.9. The fourth-order valence-corrected chi connectivity index (χ4v) is 4.80. The number of ether oxygens (including phenoxy) is 1.